The Hall–Kier alpha value is -2.47. The fourth-order valence-electron chi connectivity index (χ4n) is 2.14. The van der Waals surface area contributed by atoms with Crippen LogP contribution in [0.25, 0.3) is 5.69 Å². The van der Waals surface area contributed by atoms with Crippen LogP contribution in [0.1, 0.15) is 23.1 Å². The van der Waals surface area contributed by atoms with E-state index < -0.39 is 6.10 Å². The maximum Gasteiger partial charge on any atom is 0.126 e. The molecule has 2 aromatic heterocycles. The van der Waals surface area contributed by atoms with Gasteiger partial charge in [0.1, 0.15) is 6.10 Å². The molecule has 2 heterocycles. The second-order valence-corrected chi connectivity index (χ2v) is 4.62. The minimum atomic E-state index is -0.807. The Kier molecular flexibility index (Phi) is 3.08. The van der Waals surface area contributed by atoms with Crippen LogP contribution in [-0.4, -0.2) is 29.9 Å². The van der Waals surface area contributed by atoms with Gasteiger partial charge in [0.25, 0.3) is 0 Å². The smallest absolute Gasteiger partial charge is 0.126 e. The lowest BCUT2D eigenvalue weighted by molar-refractivity contribution is 0.211. The van der Waals surface area contributed by atoms with E-state index in [4.69, 9.17) is 0 Å². The highest BCUT2D eigenvalue weighted by atomic mass is 16.3. The molecular weight excluding hydrogens is 254 g/mol. The van der Waals surface area contributed by atoms with Crippen molar-refractivity contribution >= 4 is 0 Å². The molecule has 1 unspecified atom stereocenters. The molecule has 0 saturated carbocycles. The molecule has 20 heavy (non-hydrogen) atoms. The van der Waals surface area contributed by atoms with Crippen LogP contribution < -0.4 is 0 Å². The lowest BCUT2D eigenvalue weighted by atomic mass is 10.1. The minimum Gasteiger partial charge on any atom is -0.382 e. The van der Waals surface area contributed by atoms with Gasteiger partial charge in [-0.2, -0.15) is 5.10 Å². The van der Waals surface area contributed by atoms with Crippen molar-refractivity contribution in [2.45, 2.75) is 13.0 Å². The van der Waals surface area contributed by atoms with Crippen LogP contribution in [-0.2, 0) is 7.05 Å². The zero-order valence-corrected chi connectivity index (χ0v) is 11.3. The van der Waals surface area contributed by atoms with Gasteiger partial charge in [0, 0.05) is 18.3 Å². The highest BCUT2D eigenvalue weighted by molar-refractivity contribution is 5.35. The van der Waals surface area contributed by atoms with Gasteiger partial charge in [-0.25, -0.2) is 4.68 Å². The van der Waals surface area contributed by atoms with E-state index in [0.29, 0.717) is 5.69 Å². The van der Waals surface area contributed by atoms with E-state index in [0.717, 1.165) is 16.9 Å². The van der Waals surface area contributed by atoms with E-state index in [1.54, 1.807) is 21.8 Å². The number of hydrogen-bond donors (Lipinski definition) is 1. The molecule has 0 bridgehead atoms. The molecule has 0 radical (unpaired) electrons. The van der Waals surface area contributed by atoms with Gasteiger partial charge in [0.15, 0.2) is 0 Å². The Morgan fingerprint density at radius 3 is 2.55 bits per heavy atom. The number of rotatable bonds is 3. The summed E-state index contributed by atoms with van der Waals surface area (Å²) in [5.74, 6) is 0. The summed E-state index contributed by atoms with van der Waals surface area (Å²) >= 11 is 0. The van der Waals surface area contributed by atoms with Crippen molar-refractivity contribution in [2.75, 3.05) is 0 Å². The van der Waals surface area contributed by atoms with Gasteiger partial charge >= 0.3 is 0 Å². The summed E-state index contributed by atoms with van der Waals surface area (Å²) in [6.45, 7) is 1.92. The Balaban J connectivity index is 2.04. The molecule has 0 fully saturated rings. The van der Waals surface area contributed by atoms with Gasteiger partial charge < -0.3 is 5.11 Å². The summed E-state index contributed by atoms with van der Waals surface area (Å²) in [5, 5.41) is 22.7. The monoisotopic (exact) mass is 269 g/mol. The van der Waals surface area contributed by atoms with Gasteiger partial charge in [0.05, 0.1) is 23.8 Å². The molecule has 0 aliphatic heterocycles. The summed E-state index contributed by atoms with van der Waals surface area (Å²) in [7, 11) is 1.85. The second-order valence-electron chi connectivity index (χ2n) is 4.62. The first-order valence-electron chi connectivity index (χ1n) is 6.31. The standard InChI is InChI=1S/C14H15N5O/c1-10-12(8-16-18(10)2)14(20)13-9-15-17-19(13)11-6-4-3-5-7-11/h3-9,14,20H,1-2H3. The van der Waals surface area contributed by atoms with Crippen LogP contribution >= 0.6 is 0 Å². The average Bonchev–Trinajstić information content (AvgIpc) is 3.08. The fourth-order valence-corrected chi connectivity index (χ4v) is 2.14. The number of aliphatic hydroxyl groups excluding tert-OH is 1. The number of aliphatic hydroxyl groups is 1. The number of nitrogens with zero attached hydrogens (tertiary/aromatic N) is 5. The lowest BCUT2D eigenvalue weighted by Crippen LogP contribution is -2.09. The van der Waals surface area contributed by atoms with E-state index in [1.807, 2.05) is 44.3 Å². The van der Waals surface area contributed by atoms with Crippen molar-refractivity contribution in [3.63, 3.8) is 0 Å². The van der Waals surface area contributed by atoms with Crippen LogP contribution in [0.2, 0.25) is 0 Å². The van der Waals surface area contributed by atoms with E-state index >= 15 is 0 Å². The molecule has 6 heteroatoms. The fraction of sp³-hybridized carbons (Fsp3) is 0.214. The predicted octanol–water partition coefficient (Wildman–Crippen LogP) is 1.39. The summed E-state index contributed by atoms with van der Waals surface area (Å²) in [4.78, 5) is 0. The number of para-hydroxylation sites is 1. The molecule has 3 aromatic rings. The van der Waals surface area contributed by atoms with Gasteiger partial charge in [-0.15, -0.1) is 5.10 Å². The van der Waals surface area contributed by atoms with Crippen LogP contribution in [0.3, 0.4) is 0 Å². The van der Waals surface area contributed by atoms with E-state index in [9.17, 15) is 5.11 Å². The average molecular weight is 269 g/mol. The molecule has 0 saturated heterocycles. The van der Waals surface area contributed by atoms with Gasteiger partial charge in [-0.3, -0.25) is 4.68 Å². The molecule has 1 aromatic carbocycles. The molecule has 1 N–H and O–H groups in total. The third-order valence-electron chi connectivity index (χ3n) is 3.42. The van der Waals surface area contributed by atoms with Crippen molar-refractivity contribution in [2.24, 2.45) is 7.05 Å². The van der Waals surface area contributed by atoms with Crippen LogP contribution in [0, 0.1) is 6.92 Å². The summed E-state index contributed by atoms with van der Waals surface area (Å²) in [6, 6.07) is 9.61. The number of aryl methyl sites for hydroxylation is 1. The van der Waals surface area contributed by atoms with E-state index in [-0.39, 0.29) is 0 Å². The number of benzene rings is 1. The predicted molar refractivity (Wildman–Crippen MR) is 73.4 cm³/mol. The SMILES string of the molecule is Cc1c(C(O)c2cnnn2-c2ccccc2)cnn1C. The first kappa shape index (κ1) is 12.6. The van der Waals surface area contributed by atoms with Crippen LogP contribution in [0.15, 0.2) is 42.7 Å². The lowest BCUT2D eigenvalue weighted by Gasteiger charge is -2.12. The topological polar surface area (TPSA) is 68.8 Å². The minimum absolute atomic E-state index is 0.618. The zero-order valence-electron chi connectivity index (χ0n) is 11.3. The van der Waals surface area contributed by atoms with E-state index in [1.165, 1.54) is 0 Å². The summed E-state index contributed by atoms with van der Waals surface area (Å²) < 4.78 is 3.37. The Morgan fingerprint density at radius 2 is 1.90 bits per heavy atom. The maximum absolute atomic E-state index is 10.6. The Bertz CT molecular complexity index is 716. The molecular formula is C14H15N5O. The van der Waals surface area contributed by atoms with Crippen molar-refractivity contribution < 1.29 is 5.11 Å². The molecule has 0 spiro atoms. The third-order valence-corrected chi connectivity index (χ3v) is 3.42. The van der Waals surface area contributed by atoms with Crippen molar-refractivity contribution in [1.82, 2.24) is 24.8 Å². The van der Waals surface area contributed by atoms with Crippen molar-refractivity contribution in [3.8, 4) is 5.69 Å². The van der Waals surface area contributed by atoms with Gasteiger partial charge in [-0.1, -0.05) is 23.4 Å². The highest BCUT2D eigenvalue weighted by Crippen LogP contribution is 2.25. The van der Waals surface area contributed by atoms with Crippen LogP contribution in [0.5, 0.6) is 0 Å². The Morgan fingerprint density at radius 1 is 1.15 bits per heavy atom. The van der Waals surface area contributed by atoms with Crippen molar-refractivity contribution in [1.29, 1.82) is 0 Å². The largest absolute Gasteiger partial charge is 0.382 e. The second kappa shape index (κ2) is 4.90. The van der Waals surface area contributed by atoms with Gasteiger partial charge in [-0.05, 0) is 19.1 Å². The zero-order chi connectivity index (χ0) is 14.1. The first-order valence-corrected chi connectivity index (χ1v) is 6.31. The molecule has 6 nitrogen and oxygen atoms in total. The molecule has 3 rings (SSSR count). The molecule has 0 aliphatic carbocycles. The maximum atomic E-state index is 10.6. The molecule has 0 amide bonds. The Labute approximate surface area is 116 Å². The quantitative estimate of drug-likeness (QED) is 0.780. The highest BCUT2D eigenvalue weighted by Gasteiger charge is 2.21. The first-order chi connectivity index (χ1) is 9.68. The van der Waals surface area contributed by atoms with E-state index in [2.05, 4.69) is 15.4 Å². The summed E-state index contributed by atoms with van der Waals surface area (Å²) in [5.41, 5.74) is 3.15. The summed E-state index contributed by atoms with van der Waals surface area (Å²) in [6.07, 6.45) is 2.44. The number of hydrogen-bond acceptors (Lipinski definition) is 4. The third kappa shape index (κ3) is 2.00. The molecule has 102 valence electrons. The van der Waals surface area contributed by atoms with Crippen LogP contribution in [0.4, 0.5) is 0 Å². The normalized spacial score (nSPS) is 12.6. The molecule has 0 aliphatic rings. The van der Waals surface area contributed by atoms with Gasteiger partial charge in [0.2, 0.25) is 0 Å². The molecule has 1 atom stereocenters. The van der Waals surface area contributed by atoms with Crippen molar-refractivity contribution in [3.05, 3.63) is 59.7 Å². The number of aromatic nitrogens is 5.